The number of hydrogen-bond donors (Lipinski definition) is 4. The summed E-state index contributed by atoms with van der Waals surface area (Å²) < 4.78 is 56.3. The molecule has 0 spiro atoms. The molecule has 1 amide bonds. The third-order valence-corrected chi connectivity index (χ3v) is 7.31. The third kappa shape index (κ3) is 3.45. The number of fused-ring (bicyclic) bond motifs is 2. The van der Waals surface area contributed by atoms with E-state index in [1.54, 1.807) is 0 Å². The number of nitrogens with zero attached hydrogens (tertiary/aromatic N) is 4. The number of imidazole rings is 1. The van der Waals surface area contributed by atoms with Crippen molar-refractivity contribution < 1.29 is 32.6 Å². The van der Waals surface area contributed by atoms with Crippen molar-refractivity contribution in [3.05, 3.63) is 33.8 Å². The van der Waals surface area contributed by atoms with E-state index in [9.17, 15) is 32.6 Å². The first-order valence-corrected chi connectivity index (χ1v) is 11.2. The lowest BCUT2D eigenvalue weighted by atomic mass is 9.98. The molecule has 35 heavy (non-hydrogen) atoms. The van der Waals surface area contributed by atoms with Crippen LogP contribution < -0.4 is 10.6 Å². The van der Waals surface area contributed by atoms with Crippen molar-refractivity contribution in [1.29, 1.82) is 0 Å². The number of aliphatic hydroxyl groups is 2. The average molecular weight is 510 g/mol. The van der Waals surface area contributed by atoms with Gasteiger partial charge in [-0.25, -0.2) is 15.0 Å². The average Bonchev–Trinajstić information content (AvgIpc) is 3.09. The maximum atomic E-state index is 14.1. The molecule has 184 valence electrons. The van der Waals surface area contributed by atoms with Crippen LogP contribution in [0.3, 0.4) is 0 Å². The van der Waals surface area contributed by atoms with Gasteiger partial charge in [-0.15, -0.1) is 0 Å². The van der Waals surface area contributed by atoms with Crippen LogP contribution >= 0.6 is 11.3 Å². The van der Waals surface area contributed by atoms with Crippen molar-refractivity contribution in [3.8, 4) is 11.8 Å². The van der Waals surface area contributed by atoms with Gasteiger partial charge < -0.3 is 20.8 Å². The van der Waals surface area contributed by atoms with E-state index in [1.807, 2.05) is 0 Å². The standard InChI is InChI=1S/C21H18F4N6O3S/c1-26-16-12-17(29-11(28-16)6-4-8-3-5-10(22)35-8)31(18(30-12)21(23,24)25)13-9-7-20(9,19(34)27-2)15(33)14(13)32/h3,5,9,13-15,32-33H,7H2,1-2H3,(H,27,34)(H,26,28,29)/t9?,13?,14-,15-,20?/m0/s1. The second-order valence-corrected chi connectivity index (χ2v) is 9.37. The number of thiophene rings is 1. The van der Waals surface area contributed by atoms with Crippen LogP contribution in [-0.2, 0) is 11.0 Å². The number of nitrogens with one attached hydrogen (secondary N) is 2. The van der Waals surface area contributed by atoms with Crippen LogP contribution in [0.5, 0.6) is 0 Å². The minimum absolute atomic E-state index is 0.0395. The number of halogens is 4. The van der Waals surface area contributed by atoms with Gasteiger partial charge >= 0.3 is 6.18 Å². The summed E-state index contributed by atoms with van der Waals surface area (Å²) in [6.45, 7) is 0. The lowest BCUT2D eigenvalue weighted by molar-refractivity contribution is -0.149. The van der Waals surface area contributed by atoms with Crippen LogP contribution in [0.25, 0.3) is 11.2 Å². The molecule has 0 aromatic carbocycles. The maximum absolute atomic E-state index is 14.1. The smallest absolute Gasteiger partial charge is 0.389 e. The summed E-state index contributed by atoms with van der Waals surface area (Å²) >= 11 is 0.786. The molecule has 5 atom stereocenters. The van der Waals surface area contributed by atoms with Gasteiger partial charge in [0.2, 0.25) is 17.6 Å². The van der Waals surface area contributed by atoms with Crippen LogP contribution in [-0.4, -0.2) is 61.9 Å². The van der Waals surface area contributed by atoms with Gasteiger partial charge in [-0.3, -0.25) is 9.36 Å². The second-order valence-electron chi connectivity index (χ2n) is 8.33. The molecule has 2 aliphatic carbocycles. The number of carbonyl (C=O) groups excluding carboxylic acids is 1. The summed E-state index contributed by atoms with van der Waals surface area (Å²) in [6, 6.07) is 1.35. The zero-order chi connectivity index (χ0) is 25.3. The van der Waals surface area contributed by atoms with Gasteiger partial charge in [-0.1, -0.05) is 11.3 Å². The second kappa shape index (κ2) is 7.87. The SMILES string of the molecule is CNC(=O)C12CC1C(n1c(C(F)(F)F)nc3c(NC)nc(C#Cc4ccc(F)s4)nc31)[C@H](O)[C@@H]2O. The van der Waals surface area contributed by atoms with Gasteiger partial charge in [0, 0.05) is 20.0 Å². The minimum Gasteiger partial charge on any atom is -0.389 e. The summed E-state index contributed by atoms with van der Waals surface area (Å²) in [5.74, 6) is 2.40. The Hall–Kier alpha value is -3.28. The van der Waals surface area contributed by atoms with Crippen LogP contribution in [0.4, 0.5) is 23.4 Å². The summed E-state index contributed by atoms with van der Waals surface area (Å²) in [5, 5.41) is 26.0. The Balaban J connectivity index is 1.71. The van der Waals surface area contributed by atoms with Crippen molar-refractivity contribution in [1.82, 2.24) is 24.8 Å². The fourth-order valence-electron chi connectivity index (χ4n) is 4.95. The van der Waals surface area contributed by atoms with Crippen LogP contribution in [0.1, 0.15) is 29.0 Å². The molecule has 3 aromatic heterocycles. The van der Waals surface area contributed by atoms with Crippen LogP contribution in [0.15, 0.2) is 12.1 Å². The van der Waals surface area contributed by atoms with E-state index in [4.69, 9.17) is 0 Å². The normalized spacial score (nSPS) is 27.3. The topological polar surface area (TPSA) is 125 Å². The van der Waals surface area contributed by atoms with Gasteiger partial charge in [0.15, 0.2) is 22.1 Å². The highest BCUT2D eigenvalue weighted by molar-refractivity contribution is 7.10. The molecule has 3 unspecified atom stereocenters. The lowest BCUT2D eigenvalue weighted by Gasteiger charge is -2.25. The summed E-state index contributed by atoms with van der Waals surface area (Å²) in [7, 11) is 2.79. The summed E-state index contributed by atoms with van der Waals surface area (Å²) in [4.78, 5) is 24.8. The van der Waals surface area contributed by atoms with Crippen molar-refractivity contribution in [3.63, 3.8) is 0 Å². The number of carbonyl (C=O) groups is 1. The van der Waals surface area contributed by atoms with E-state index in [-0.39, 0.29) is 29.2 Å². The molecule has 3 aromatic rings. The predicted molar refractivity (Wildman–Crippen MR) is 116 cm³/mol. The van der Waals surface area contributed by atoms with Crippen molar-refractivity contribution >= 4 is 34.2 Å². The maximum Gasteiger partial charge on any atom is 0.449 e. The first-order chi connectivity index (χ1) is 16.5. The van der Waals surface area contributed by atoms with Crippen molar-refractivity contribution in [2.75, 3.05) is 19.4 Å². The number of amides is 1. The molecule has 0 aliphatic heterocycles. The number of rotatable bonds is 3. The number of hydrogen-bond acceptors (Lipinski definition) is 8. The van der Waals surface area contributed by atoms with Gasteiger partial charge in [-0.2, -0.15) is 17.6 Å². The van der Waals surface area contributed by atoms with E-state index < -0.39 is 52.6 Å². The third-order valence-electron chi connectivity index (χ3n) is 6.52. The number of anilines is 1. The Bertz CT molecular complexity index is 1410. The van der Waals surface area contributed by atoms with E-state index in [1.165, 1.54) is 26.2 Å². The molecule has 0 saturated heterocycles. The minimum atomic E-state index is -4.94. The first kappa shape index (κ1) is 23.5. The highest BCUT2D eigenvalue weighted by Crippen LogP contribution is 2.68. The zero-order valence-corrected chi connectivity index (χ0v) is 19.0. The van der Waals surface area contributed by atoms with Crippen molar-refractivity contribution in [2.24, 2.45) is 11.3 Å². The van der Waals surface area contributed by atoms with Gasteiger partial charge in [0.05, 0.1) is 22.4 Å². The van der Waals surface area contributed by atoms with E-state index in [0.717, 1.165) is 15.9 Å². The Labute approximate surface area is 199 Å². The zero-order valence-electron chi connectivity index (χ0n) is 18.2. The Morgan fingerprint density at radius 1 is 1.23 bits per heavy atom. The van der Waals surface area contributed by atoms with Crippen molar-refractivity contribution in [2.45, 2.75) is 30.8 Å². The fourth-order valence-corrected chi connectivity index (χ4v) is 5.53. The molecule has 9 nitrogen and oxygen atoms in total. The van der Waals surface area contributed by atoms with Crippen LogP contribution in [0.2, 0.25) is 0 Å². The van der Waals surface area contributed by atoms with E-state index in [2.05, 4.69) is 37.4 Å². The molecule has 3 heterocycles. The molecule has 2 fully saturated rings. The molecular formula is C21H18F4N6O3S. The molecular weight excluding hydrogens is 492 g/mol. The largest absolute Gasteiger partial charge is 0.449 e. The Morgan fingerprint density at radius 3 is 2.57 bits per heavy atom. The summed E-state index contributed by atoms with van der Waals surface area (Å²) in [5.41, 5.74) is -1.88. The highest BCUT2D eigenvalue weighted by atomic mass is 32.1. The molecule has 5 rings (SSSR count). The van der Waals surface area contributed by atoms with Gasteiger partial charge in [-0.05, 0) is 30.4 Å². The lowest BCUT2D eigenvalue weighted by Crippen LogP contribution is -2.41. The predicted octanol–water partition coefficient (Wildman–Crippen LogP) is 1.52. The molecule has 4 N–H and O–H groups in total. The quantitative estimate of drug-likeness (QED) is 0.311. The molecule has 0 radical (unpaired) electrons. The molecule has 14 heteroatoms. The Kier molecular flexibility index (Phi) is 5.28. The van der Waals surface area contributed by atoms with E-state index >= 15 is 0 Å². The molecule has 2 aliphatic rings. The summed E-state index contributed by atoms with van der Waals surface area (Å²) in [6.07, 6.45) is -8.10. The van der Waals surface area contributed by atoms with Crippen LogP contribution in [0, 0.1) is 28.3 Å². The molecule has 0 bridgehead atoms. The fraction of sp³-hybridized carbons (Fsp3) is 0.429. The Morgan fingerprint density at radius 2 is 1.97 bits per heavy atom. The number of aromatic nitrogens is 4. The first-order valence-electron chi connectivity index (χ1n) is 10.4. The monoisotopic (exact) mass is 510 g/mol. The van der Waals surface area contributed by atoms with Gasteiger partial charge in [0.25, 0.3) is 0 Å². The van der Waals surface area contributed by atoms with E-state index in [0.29, 0.717) is 4.88 Å². The highest BCUT2D eigenvalue weighted by Gasteiger charge is 2.75. The molecule has 2 saturated carbocycles. The number of aliphatic hydroxyl groups excluding tert-OH is 2. The number of alkyl halides is 3. The van der Waals surface area contributed by atoms with Gasteiger partial charge in [0.1, 0.15) is 6.10 Å².